The van der Waals surface area contributed by atoms with Gasteiger partial charge in [0.15, 0.2) is 0 Å². The number of hydrogen-bond acceptors (Lipinski definition) is 6. The van der Waals surface area contributed by atoms with E-state index in [1.807, 2.05) is 20.8 Å². The van der Waals surface area contributed by atoms with Crippen LogP contribution in [0.25, 0.3) is 0 Å². The van der Waals surface area contributed by atoms with Crippen LogP contribution in [-0.4, -0.2) is 48.6 Å². The summed E-state index contributed by atoms with van der Waals surface area (Å²) in [6.07, 6.45) is 5.34. The van der Waals surface area contributed by atoms with Crippen molar-refractivity contribution < 1.29 is 27.6 Å². The highest BCUT2D eigenvalue weighted by Gasteiger charge is 2.65. The summed E-state index contributed by atoms with van der Waals surface area (Å²) >= 11 is 0. The standard InChI is InChI=1S/C20H34O6Si2/c1-6-23-28(24-7-2,25-8-3)13-9-12-27(4,5)18-14-10-11-15(18)17-16(14)19(21)26-20(17)22/h10-11,14-18H,6-9,12-13H2,1-5H3/t14?,15?,16-,17+,18?. The maximum Gasteiger partial charge on any atom is 0.500 e. The molecule has 1 aliphatic heterocycles. The van der Waals surface area contributed by atoms with Crippen LogP contribution in [0.5, 0.6) is 0 Å². The first kappa shape index (κ1) is 21.9. The molecular formula is C20H34O6Si2. The van der Waals surface area contributed by atoms with Gasteiger partial charge in [-0.05, 0) is 38.1 Å². The van der Waals surface area contributed by atoms with Gasteiger partial charge in [0, 0.05) is 25.9 Å². The molecule has 0 amide bonds. The van der Waals surface area contributed by atoms with E-state index in [4.69, 9.17) is 18.0 Å². The molecule has 1 heterocycles. The van der Waals surface area contributed by atoms with Crippen LogP contribution in [0.3, 0.4) is 0 Å². The number of allylic oxidation sites excluding steroid dienone is 2. The number of rotatable bonds is 11. The number of cyclic esters (lactones) is 2. The monoisotopic (exact) mass is 426 g/mol. The van der Waals surface area contributed by atoms with Gasteiger partial charge in [-0.25, -0.2) is 0 Å². The summed E-state index contributed by atoms with van der Waals surface area (Å²) in [4.78, 5) is 24.4. The van der Waals surface area contributed by atoms with Gasteiger partial charge in [0.25, 0.3) is 0 Å². The van der Waals surface area contributed by atoms with E-state index in [1.165, 1.54) is 0 Å². The Hall–Kier alpha value is -0.806. The van der Waals surface area contributed by atoms with Crippen LogP contribution < -0.4 is 0 Å². The van der Waals surface area contributed by atoms with Gasteiger partial charge in [0.2, 0.25) is 0 Å². The fourth-order valence-corrected chi connectivity index (χ4v) is 12.8. The smallest absolute Gasteiger partial charge is 0.393 e. The summed E-state index contributed by atoms with van der Waals surface area (Å²) in [5, 5.41) is 0. The van der Waals surface area contributed by atoms with Crippen LogP contribution in [0, 0.1) is 23.7 Å². The first-order chi connectivity index (χ1) is 13.3. The van der Waals surface area contributed by atoms with Crippen LogP contribution in [0.1, 0.15) is 27.2 Å². The Balaban J connectivity index is 1.66. The van der Waals surface area contributed by atoms with Crippen LogP contribution in [-0.2, 0) is 27.6 Å². The molecule has 0 N–H and O–H groups in total. The summed E-state index contributed by atoms with van der Waals surface area (Å²) in [5.41, 5.74) is 0.432. The third-order valence-corrected chi connectivity index (χ3v) is 14.0. The van der Waals surface area contributed by atoms with E-state index in [0.29, 0.717) is 25.4 Å². The molecule has 1 saturated carbocycles. The maximum atomic E-state index is 12.2. The highest BCUT2D eigenvalue weighted by molar-refractivity contribution is 6.79. The maximum absolute atomic E-state index is 12.2. The molecule has 6 nitrogen and oxygen atoms in total. The Morgan fingerprint density at radius 3 is 1.75 bits per heavy atom. The Kier molecular flexibility index (Phi) is 6.66. The normalized spacial score (nSPS) is 31.5. The predicted molar refractivity (Wildman–Crippen MR) is 110 cm³/mol. The van der Waals surface area contributed by atoms with Crippen molar-refractivity contribution in [1.82, 2.24) is 0 Å². The molecule has 28 heavy (non-hydrogen) atoms. The van der Waals surface area contributed by atoms with Crippen LogP contribution in [0.2, 0.25) is 30.7 Å². The minimum Gasteiger partial charge on any atom is -0.393 e. The van der Waals surface area contributed by atoms with Gasteiger partial charge in [0.1, 0.15) is 0 Å². The zero-order chi connectivity index (χ0) is 20.5. The van der Waals surface area contributed by atoms with Crippen molar-refractivity contribution in [2.45, 2.75) is 57.9 Å². The fraction of sp³-hybridized carbons (Fsp3) is 0.800. The summed E-state index contributed by atoms with van der Waals surface area (Å²) < 4.78 is 22.9. The Bertz CT molecular complexity index is 587. The molecule has 3 unspecified atom stereocenters. The number of carbonyl (C=O) groups is 2. The van der Waals surface area contributed by atoms with Crippen LogP contribution in [0.15, 0.2) is 12.2 Å². The van der Waals surface area contributed by atoms with Crippen molar-refractivity contribution in [3.05, 3.63) is 12.2 Å². The Labute approximate surface area is 170 Å². The average Bonchev–Trinajstić information content (AvgIpc) is 3.27. The highest BCUT2D eigenvalue weighted by Crippen LogP contribution is 2.62. The Morgan fingerprint density at radius 2 is 1.32 bits per heavy atom. The van der Waals surface area contributed by atoms with Crippen LogP contribution in [0.4, 0.5) is 0 Å². The summed E-state index contributed by atoms with van der Waals surface area (Å²) in [6.45, 7) is 12.5. The molecule has 0 aromatic heterocycles. The van der Waals surface area contributed by atoms with E-state index < -0.39 is 16.9 Å². The largest absolute Gasteiger partial charge is 0.500 e. The molecule has 0 aromatic carbocycles. The van der Waals surface area contributed by atoms with E-state index in [0.717, 1.165) is 18.5 Å². The molecule has 3 aliphatic rings. The van der Waals surface area contributed by atoms with Gasteiger partial charge in [0.05, 0.1) is 19.9 Å². The summed E-state index contributed by atoms with van der Waals surface area (Å²) in [5.74, 6) is -0.771. The topological polar surface area (TPSA) is 71.1 Å². The summed E-state index contributed by atoms with van der Waals surface area (Å²) in [7, 11) is -4.31. The molecule has 2 bridgehead atoms. The number of carbonyl (C=O) groups excluding carboxylic acids is 2. The van der Waals surface area contributed by atoms with Gasteiger partial charge in [-0.1, -0.05) is 37.7 Å². The molecular weight excluding hydrogens is 392 g/mol. The molecule has 5 atom stereocenters. The molecule has 1 saturated heterocycles. The lowest BCUT2D eigenvalue weighted by Gasteiger charge is -2.35. The quantitative estimate of drug-likeness (QED) is 0.217. The van der Waals surface area contributed by atoms with E-state index in [9.17, 15) is 9.59 Å². The third kappa shape index (κ3) is 3.81. The Morgan fingerprint density at radius 1 is 0.857 bits per heavy atom. The SMILES string of the molecule is CCO[Si](CCC[Si](C)(C)C1C2C=CC1[C@@H]1C(=O)OC(=O)[C@H]21)(OCC)OCC. The second-order valence-corrected chi connectivity index (χ2v) is 16.6. The lowest BCUT2D eigenvalue weighted by molar-refractivity contribution is -0.154. The number of ether oxygens (including phenoxy) is 1. The van der Waals surface area contributed by atoms with E-state index in [1.54, 1.807) is 0 Å². The van der Waals surface area contributed by atoms with Gasteiger partial charge in [-0.2, -0.15) is 0 Å². The first-order valence-corrected chi connectivity index (χ1v) is 15.9. The molecule has 2 fully saturated rings. The van der Waals surface area contributed by atoms with Crippen molar-refractivity contribution in [2.24, 2.45) is 23.7 Å². The second kappa shape index (κ2) is 8.51. The second-order valence-electron chi connectivity index (χ2n) is 8.68. The molecule has 8 heteroatoms. The number of hydrogen-bond donors (Lipinski definition) is 0. The lowest BCUT2D eigenvalue weighted by atomic mass is 9.85. The first-order valence-electron chi connectivity index (χ1n) is 10.7. The summed E-state index contributed by atoms with van der Waals surface area (Å²) in [6, 6.07) is 1.93. The van der Waals surface area contributed by atoms with Crippen molar-refractivity contribution in [2.75, 3.05) is 19.8 Å². The van der Waals surface area contributed by atoms with Crippen molar-refractivity contribution in [3.63, 3.8) is 0 Å². The third-order valence-electron chi connectivity index (χ3n) is 6.65. The van der Waals surface area contributed by atoms with Gasteiger partial charge in [-0.15, -0.1) is 0 Å². The molecule has 3 rings (SSSR count). The number of fused-ring (bicyclic) bond motifs is 5. The minimum atomic E-state index is -2.62. The molecule has 158 valence electrons. The van der Waals surface area contributed by atoms with Gasteiger partial charge >= 0.3 is 20.7 Å². The van der Waals surface area contributed by atoms with Gasteiger partial charge < -0.3 is 18.0 Å². The lowest BCUT2D eigenvalue weighted by Crippen LogP contribution is -2.46. The van der Waals surface area contributed by atoms with Crippen molar-refractivity contribution >= 4 is 28.8 Å². The molecule has 0 spiro atoms. The predicted octanol–water partition coefficient (Wildman–Crippen LogP) is 3.64. The average molecular weight is 427 g/mol. The zero-order valence-electron chi connectivity index (χ0n) is 17.7. The van der Waals surface area contributed by atoms with E-state index in [-0.39, 0.29) is 35.6 Å². The fourth-order valence-electron chi connectivity index (χ4n) is 5.73. The number of esters is 2. The molecule has 2 aliphatic carbocycles. The van der Waals surface area contributed by atoms with Crippen molar-refractivity contribution in [1.29, 1.82) is 0 Å². The highest BCUT2D eigenvalue weighted by atomic mass is 28.4. The van der Waals surface area contributed by atoms with E-state index in [2.05, 4.69) is 25.2 Å². The van der Waals surface area contributed by atoms with Gasteiger partial charge in [-0.3, -0.25) is 9.59 Å². The molecule has 0 aromatic rings. The van der Waals surface area contributed by atoms with Crippen LogP contribution >= 0.6 is 0 Å². The van der Waals surface area contributed by atoms with E-state index >= 15 is 0 Å². The minimum absolute atomic E-state index is 0.170. The van der Waals surface area contributed by atoms with Crippen molar-refractivity contribution in [3.8, 4) is 0 Å². The zero-order valence-corrected chi connectivity index (χ0v) is 19.7. The molecule has 0 radical (unpaired) electrons.